The Kier molecular flexibility index (Phi) is 5.92. The predicted octanol–water partition coefficient (Wildman–Crippen LogP) is 4.92. The Bertz CT molecular complexity index is 1160. The minimum absolute atomic E-state index is 0.0510. The standard InChI is InChI=1S/C30H39FN4O2/c31-23-8-4-7-22-25-16-32-17-35(25)24(28(22)23)12-26(36)33-29-20-9-19-10-21(29)15-30(13-19,14-20)34-27(37)11-18-5-2-1-3-6-18/h4,7-8,16-21,24,26,29,33,36H,1-3,5-6,9-15H2,(H,34,37). The second kappa shape index (κ2) is 9.19. The number of aromatic nitrogens is 2. The Morgan fingerprint density at radius 3 is 2.73 bits per heavy atom. The third kappa shape index (κ3) is 4.22. The van der Waals surface area contributed by atoms with E-state index in [1.165, 1.54) is 51.0 Å². The first kappa shape index (κ1) is 23.8. The highest BCUT2D eigenvalue weighted by molar-refractivity contribution is 5.77. The number of rotatable bonds is 7. The lowest BCUT2D eigenvalue weighted by Crippen LogP contribution is -2.67. The van der Waals surface area contributed by atoms with Gasteiger partial charge in [0, 0.05) is 35.5 Å². The molecule has 4 bridgehead atoms. The third-order valence-corrected chi connectivity index (χ3v) is 10.4. The molecule has 1 aliphatic heterocycles. The molecule has 1 aromatic heterocycles. The fourth-order valence-corrected chi connectivity index (χ4v) is 9.18. The molecule has 4 atom stereocenters. The highest BCUT2D eigenvalue weighted by Gasteiger charge is 2.56. The molecule has 1 amide bonds. The van der Waals surface area contributed by atoms with Gasteiger partial charge in [0.05, 0.1) is 24.3 Å². The number of nitrogens with zero attached hydrogens (tertiary/aromatic N) is 2. The topological polar surface area (TPSA) is 79.2 Å². The van der Waals surface area contributed by atoms with E-state index in [0.29, 0.717) is 42.1 Å². The molecule has 6 aliphatic rings. The Labute approximate surface area is 218 Å². The number of carbonyl (C=O) groups is 1. The van der Waals surface area contributed by atoms with Crippen LogP contribution in [0.1, 0.15) is 88.7 Å². The first-order chi connectivity index (χ1) is 18.0. The molecular weight excluding hydrogens is 467 g/mol. The van der Waals surface area contributed by atoms with Crippen molar-refractivity contribution in [3.05, 3.63) is 42.1 Å². The lowest BCUT2D eigenvalue weighted by molar-refractivity contribution is -0.129. The summed E-state index contributed by atoms with van der Waals surface area (Å²) in [5.41, 5.74) is 2.39. The summed E-state index contributed by atoms with van der Waals surface area (Å²) in [6, 6.07) is 5.16. The summed E-state index contributed by atoms with van der Waals surface area (Å²) in [6.07, 6.45) is 15.6. The summed E-state index contributed by atoms with van der Waals surface area (Å²) < 4.78 is 16.8. The van der Waals surface area contributed by atoms with Crippen LogP contribution >= 0.6 is 0 Å². The lowest BCUT2D eigenvalue weighted by atomic mass is 9.51. The van der Waals surface area contributed by atoms with E-state index in [9.17, 15) is 14.3 Å². The first-order valence-electron chi connectivity index (χ1n) is 14.5. The second-order valence-electron chi connectivity index (χ2n) is 12.9. The largest absolute Gasteiger partial charge is 0.379 e. The molecule has 37 heavy (non-hydrogen) atoms. The number of aliphatic hydroxyl groups is 1. The van der Waals surface area contributed by atoms with Crippen molar-refractivity contribution in [1.29, 1.82) is 0 Å². The summed E-state index contributed by atoms with van der Waals surface area (Å²) in [7, 11) is 0. The minimum Gasteiger partial charge on any atom is -0.379 e. The van der Waals surface area contributed by atoms with Gasteiger partial charge in [-0.3, -0.25) is 10.1 Å². The van der Waals surface area contributed by atoms with Gasteiger partial charge in [-0.15, -0.1) is 0 Å². The van der Waals surface area contributed by atoms with Crippen LogP contribution in [0.3, 0.4) is 0 Å². The van der Waals surface area contributed by atoms with E-state index in [0.717, 1.165) is 30.5 Å². The molecule has 7 heteroatoms. The Hall–Kier alpha value is -2.25. The molecule has 8 rings (SSSR count). The van der Waals surface area contributed by atoms with Crippen molar-refractivity contribution in [1.82, 2.24) is 20.2 Å². The number of halogens is 1. The van der Waals surface area contributed by atoms with E-state index >= 15 is 0 Å². The van der Waals surface area contributed by atoms with Gasteiger partial charge < -0.3 is 15.0 Å². The summed E-state index contributed by atoms with van der Waals surface area (Å²) >= 11 is 0. The Morgan fingerprint density at radius 2 is 1.95 bits per heavy atom. The fourth-order valence-electron chi connectivity index (χ4n) is 9.18. The van der Waals surface area contributed by atoms with Crippen molar-refractivity contribution in [3.8, 4) is 11.3 Å². The molecule has 0 radical (unpaired) electrons. The molecule has 0 saturated heterocycles. The van der Waals surface area contributed by atoms with Crippen LogP contribution in [0.5, 0.6) is 0 Å². The number of nitrogens with one attached hydrogen (secondary N) is 2. The fraction of sp³-hybridized carbons (Fsp3) is 0.667. The van der Waals surface area contributed by atoms with Gasteiger partial charge >= 0.3 is 0 Å². The van der Waals surface area contributed by atoms with E-state index in [1.54, 1.807) is 18.6 Å². The highest BCUT2D eigenvalue weighted by Crippen LogP contribution is 2.56. The number of hydrogen-bond acceptors (Lipinski definition) is 4. The zero-order valence-electron chi connectivity index (χ0n) is 21.5. The van der Waals surface area contributed by atoms with Crippen molar-refractivity contribution in [2.24, 2.45) is 23.7 Å². The van der Waals surface area contributed by atoms with Crippen molar-refractivity contribution in [2.75, 3.05) is 0 Å². The molecule has 5 fully saturated rings. The van der Waals surface area contributed by atoms with Gasteiger partial charge in [0.2, 0.25) is 5.91 Å². The lowest BCUT2D eigenvalue weighted by Gasteiger charge is -2.60. The number of fused-ring (bicyclic) bond motifs is 3. The summed E-state index contributed by atoms with van der Waals surface area (Å²) in [4.78, 5) is 17.3. The Balaban J connectivity index is 1.02. The van der Waals surface area contributed by atoms with Crippen LogP contribution in [0.2, 0.25) is 0 Å². The zero-order valence-corrected chi connectivity index (χ0v) is 21.5. The van der Waals surface area contributed by atoms with Crippen LogP contribution in [0, 0.1) is 29.5 Å². The summed E-state index contributed by atoms with van der Waals surface area (Å²) in [5, 5.41) is 18.4. The molecule has 4 unspecified atom stereocenters. The van der Waals surface area contributed by atoms with Crippen molar-refractivity contribution in [2.45, 2.75) is 101 Å². The van der Waals surface area contributed by atoms with Crippen LogP contribution < -0.4 is 10.6 Å². The maximum atomic E-state index is 14.9. The van der Waals surface area contributed by atoms with Gasteiger partial charge in [0.1, 0.15) is 12.0 Å². The monoisotopic (exact) mass is 506 g/mol. The summed E-state index contributed by atoms with van der Waals surface area (Å²) in [5.74, 6) is 2.20. The predicted molar refractivity (Wildman–Crippen MR) is 139 cm³/mol. The smallest absolute Gasteiger partial charge is 0.220 e. The van der Waals surface area contributed by atoms with Crippen LogP contribution in [0.4, 0.5) is 4.39 Å². The molecule has 1 aromatic carbocycles. The first-order valence-corrected chi connectivity index (χ1v) is 14.5. The number of aliphatic hydroxyl groups excluding tert-OH is 1. The molecular formula is C30H39FN4O2. The number of amides is 1. The highest BCUT2D eigenvalue weighted by atomic mass is 19.1. The molecule has 3 N–H and O–H groups in total. The summed E-state index contributed by atoms with van der Waals surface area (Å²) in [6.45, 7) is 0. The second-order valence-corrected chi connectivity index (χ2v) is 12.9. The van der Waals surface area contributed by atoms with Crippen molar-refractivity contribution in [3.63, 3.8) is 0 Å². The van der Waals surface area contributed by atoms with Crippen LogP contribution in [0.15, 0.2) is 30.7 Å². The Morgan fingerprint density at radius 1 is 1.16 bits per heavy atom. The van der Waals surface area contributed by atoms with Crippen LogP contribution in [-0.4, -0.2) is 38.4 Å². The number of benzene rings is 1. The number of carbonyl (C=O) groups excluding carboxylic acids is 1. The molecule has 5 aliphatic carbocycles. The molecule has 6 nitrogen and oxygen atoms in total. The van der Waals surface area contributed by atoms with Crippen LogP contribution in [0.25, 0.3) is 11.3 Å². The quantitative estimate of drug-likeness (QED) is 0.466. The molecule has 2 aromatic rings. The van der Waals surface area contributed by atoms with Gasteiger partial charge in [0.25, 0.3) is 0 Å². The normalized spacial score (nSPS) is 34.8. The number of imidazole rings is 1. The number of hydrogen-bond donors (Lipinski definition) is 3. The maximum absolute atomic E-state index is 14.9. The van der Waals surface area contributed by atoms with Crippen molar-refractivity contribution < 1.29 is 14.3 Å². The van der Waals surface area contributed by atoms with E-state index in [4.69, 9.17) is 0 Å². The average molecular weight is 507 g/mol. The SMILES string of the molecule is O=C(CC1CCCCC1)NC12CC3CC(C1)C(NC(O)CC1c4c(F)cccc4-c4cncn41)C(C3)C2. The van der Waals surface area contributed by atoms with E-state index < -0.39 is 6.23 Å². The molecule has 2 heterocycles. The van der Waals surface area contributed by atoms with Gasteiger partial charge in [-0.25, -0.2) is 9.37 Å². The molecule has 198 valence electrons. The average Bonchev–Trinajstić information content (AvgIpc) is 3.44. The maximum Gasteiger partial charge on any atom is 0.220 e. The molecule has 0 spiro atoms. The van der Waals surface area contributed by atoms with Gasteiger partial charge in [-0.05, 0) is 74.7 Å². The van der Waals surface area contributed by atoms with Crippen LogP contribution in [-0.2, 0) is 4.79 Å². The van der Waals surface area contributed by atoms with E-state index in [2.05, 4.69) is 15.6 Å². The zero-order chi connectivity index (χ0) is 25.1. The third-order valence-electron chi connectivity index (χ3n) is 10.4. The minimum atomic E-state index is -0.731. The van der Waals surface area contributed by atoms with Gasteiger partial charge in [-0.1, -0.05) is 31.4 Å². The van der Waals surface area contributed by atoms with Gasteiger partial charge in [0.15, 0.2) is 0 Å². The van der Waals surface area contributed by atoms with Crippen molar-refractivity contribution >= 4 is 5.91 Å². The van der Waals surface area contributed by atoms with E-state index in [1.807, 2.05) is 10.6 Å². The van der Waals surface area contributed by atoms with E-state index in [-0.39, 0.29) is 29.3 Å². The van der Waals surface area contributed by atoms with Gasteiger partial charge in [-0.2, -0.15) is 0 Å². The molecule has 5 saturated carbocycles.